The van der Waals surface area contributed by atoms with E-state index in [9.17, 15) is 4.79 Å². The second-order valence-electron chi connectivity index (χ2n) is 3.30. The number of aliphatic carboxylic acids is 1. The Morgan fingerprint density at radius 2 is 2.23 bits per heavy atom. The molecule has 1 rings (SSSR count). The lowest BCUT2D eigenvalue weighted by Gasteiger charge is -2.27. The first kappa shape index (κ1) is 10.5. The minimum absolute atomic E-state index is 0.179. The number of rotatable bonds is 4. The van der Waals surface area contributed by atoms with E-state index >= 15 is 0 Å². The van der Waals surface area contributed by atoms with Gasteiger partial charge in [-0.25, -0.2) is 4.79 Å². The molecule has 0 aromatic carbocycles. The van der Waals surface area contributed by atoms with Crippen molar-refractivity contribution in [3.63, 3.8) is 0 Å². The lowest BCUT2D eigenvalue weighted by atomic mass is 9.92. The van der Waals surface area contributed by atoms with Gasteiger partial charge in [0.15, 0.2) is 6.10 Å². The van der Waals surface area contributed by atoms with E-state index < -0.39 is 12.1 Å². The highest BCUT2D eigenvalue weighted by atomic mass is 16.5. The molecule has 0 aromatic heterocycles. The molecule has 0 radical (unpaired) electrons. The van der Waals surface area contributed by atoms with Crippen molar-refractivity contribution in [2.45, 2.75) is 25.9 Å². The molecule has 0 spiro atoms. The zero-order valence-corrected chi connectivity index (χ0v) is 7.95. The SMILES string of the molecule is CCOC(C(=O)O)C1CCNCC1. The summed E-state index contributed by atoms with van der Waals surface area (Å²) in [6.07, 6.45) is 1.19. The molecule has 1 saturated heterocycles. The summed E-state index contributed by atoms with van der Waals surface area (Å²) in [6, 6.07) is 0. The zero-order chi connectivity index (χ0) is 9.68. The van der Waals surface area contributed by atoms with Gasteiger partial charge in [-0.2, -0.15) is 0 Å². The lowest BCUT2D eigenvalue weighted by molar-refractivity contribution is -0.154. The molecule has 1 atom stereocenters. The third kappa shape index (κ3) is 2.97. The Balaban J connectivity index is 2.46. The van der Waals surface area contributed by atoms with Crippen LogP contribution in [0.5, 0.6) is 0 Å². The molecule has 1 unspecified atom stereocenters. The van der Waals surface area contributed by atoms with E-state index in [0.717, 1.165) is 25.9 Å². The van der Waals surface area contributed by atoms with Crippen LogP contribution in [0.2, 0.25) is 0 Å². The van der Waals surface area contributed by atoms with Crippen molar-refractivity contribution in [2.75, 3.05) is 19.7 Å². The largest absolute Gasteiger partial charge is 0.479 e. The molecule has 0 aliphatic carbocycles. The van der Waals surface area contributed by atoms with E-state index in [1.807, 2.05) is 6.92 Å². The molecule has 13 heavy (non-hydrogen) atoms. The summed E-state index contributed by atoms with van der Waals surface area (Å²) < 4.78 is 5.22. The third-order valence-electron chi connectivity index (χ3n) is 2.40. The predicted molar refractivity (Wildman–Crippen MR) is 48.6 cm³/mol. The number of ether oxygens (including phenoxy) is 1. The smallest absolute Gasteiger partial charge is 0.333 e. The minimum Gasteiger partial charge on any atom is -0.479 e. The number of hydrogen-bond donors (Lipinski definition) is 2. The van der Waals surface area contributed by atoms with E-state index in [2.05, 4.69) is 5.32 Å². The Morgan fingerprint density at radius 3 is 2.69 bits per heavy atom. The number of carboxylic acids is 1. The molecule has 1 aliphatic rings. The van der Waals surface area contributed by atoms with Crippen LogP contribution in [0.1, 0.15) is 19.8 Å². The second kappa shape index (κ2) is 5.19. The number of nitrogens with one attached hydrogen (secondary N) is 1. The average Bonchev–Trinajstić information content (AvgIpc) is 2.15. The number of piperidine rings is 1. The van der Waals surface area contributed by atoms with Gasteiger partial charge in [0, 0.05) is 6.61 Å². The topological polar surface area (TPSA) is 58.6 Å². The standard InChI is InChI=1S/C9H17NO3/c1-2-13-8(9(11)12)7-3-5-10-6-4-7/h7-8,10H,2-6H2,1H3,(H,11,12). The van der Waals surface area contributed by atoms with Crippen molar-refractivity contribution in [3.05, 3.63) is 0 Å². The van der Waals surface area contributed by atoms with Gasteiger partial charge in [-0.15, -0.1) is 0 Å². The van der Waals surface area contributed by atoms with Gasteiger partial charge < -0.3 is 15.2 Å². The van der Waals surface area contributed by atoms with Crippen molar-refractivity contribution in [3.8, 4) is 0 Å². The maximum atomic E-state index is 10.8. The zero-order valence-electron chi connectivity index (χ0n) is 7.95. The van der Waals surface area contributed by atoms with Crippen LogP contribution >= 0.6 is 0 Å². The van der Waals surface area contributed by atoms with E-state index in [4.69, 9.17) is 9.84 Å². The molecular weight excluding hydrogens is 170 g/mol. The van der Waals surface area contributed by atoms with E-state index in [0.29, 0.717) is 6.61 Å². The van der Waals surface area contributed by atoms with Crippen LogP contribution in [0.25, 0.3) is 0 Å². The van der Waals surface area contributed by atoms with Gasteiger partial charge in [0.1, 0.15) is 0 Å². The first-order valence-corrected chi connectivity index (χ1v) is 4.80. The Kier molecular flexibility index (Phi) is 4.18. The average molecular weight is 187 g/mol. The highest BCUT2D eigenvalue weighted by Crippen LogP contribution is 2.19. The minimum atomic E-state index is -0.825. The highest BCUT2D eigenvalue weighted by Gasteiger charge is 2.29. The highest BCUT2D eigenvalue weighted by molar-refractivity contribution is 5.72. The first-order valence-electron chi connectivity index (χ1n) is 4.80. The maximum Gasteiger partial charge on any atom is 0.333 e. The molecule has 0 bridgehead atoms. The van der Waals surface area contributed by atoms with Crippen LogP contribution in [-0.4, -0.2) is 36.9 Å². The molecule has 0 saturated carbocycles. The second-order valence-corrected chi connectivity index (χ2v) is 3.30. The molecule has 2 N–H and O–H groups in total. The number of hydrogen-bond acceptors (Lipinski definition) is 3. The molecule has 4 heteroatoms. The van der Waals surface area contributed by atoms with Gasteiger partial charge in [-0.05, 0) is 38.8 Å². The van der Waals surface area contributed by atoms with E-state index in [-0.39, 0.29) is 5.92 Å². The Labute approximate surface area is 78.3 Å². The predicted octanol–water partition coefficient (Wildman–Crippen LogP) is 0.476. The molecule has 1 heterocycles. The fraction of sp³-hybridized carbons (Fsp3) is 0.889. The number of carbonyl (C=O) groups is 1. The van der Waals surface area contributed by atoms with Crippen LogP contribution in [0.3, 0.4) is 0 Å². The van der Waals surface area contributed by atoms with Crippen molar-refractivity contribution in [1.82, 2.24) is 5.32 Å². The summed E-state index contributed by atoms with van der Waals surface area (Å²) in [5, 5.41) is 12.1. The molecule has 0 aromatic rings. The van der Waals surface area contributed by atoms with E-state index in [1.165, 1.54) is 0 Å². The fourth-order valence-corrected chi connectivity index (χ4v) is 1.74. The third-order valence-corrected chi connectivity index (χ3v) is 2.40. The molecule has 0 amide bonds. The summed E-state index contributed by atoms with van der Waals surface area (Å²) in [5.41, 5.74) is 0. The summed E-state index contributed by atoms with van der Waals surface area (Å²) in [4.78, 5) is 10.8. The van der Waals surface area contributed by atoms with Crippen LogP contribution in [-0.2, 0) is 9.53 Å². The quantitative estimate of drug-likeness (QED) is 0.672. The van der Waals surface area contributed by atoms with Gasteiger partial charge in [0.05, 0.1) is 0 Å². The Hall–Kier alpha value is -0.610. The van der Waals surface area contributed by atoms with Gasteiger partial charge in [-0.1, -0.05) is 0 Å². The van der Waals surface area contributed by atoms with Gasteiger partial charge in [0.25, 0.3) is 0 Å². The monoisotopic (exact) mass is 187 g/mol. The number of carboxylic acid groups (broad SMARTS) is 1. The first-order chi connectivity index (χ1) is 6.25. The fourth-order valence-electron chi connectivity index (χ4n) is 1.74. The molecule has 1 aliphatic heterocycles. The van der Waals surface area contributed by atoms with Crippen LogP contribution in [0.4, 0.5) is 0 Å². The van der Waals surface area contributed by atoms with Crippen LogP contribution < -0.4 is 5.32 Å². The summed E-state index contributed by atoms with van der Waals surface area (Å²) in [7, 11) is 0. The van der Waals surface area contributed by atoms with Crippen molar-refractivity contribution in [1.29, 1.82) is 0 Å². The molecule has 1 fully saturated rings. The van der Waals surface area contributed by atoms with Crippen molar-refractivity contribution >= 4 is 5.97 Å². The van der Waals surface area contributed by atoms with E-state index in [1.54, 1.807) is 0 Å². The van der Waals surface area contributed by atoms with Gasteiger partial charge in [-0.3, -0.25) is 0 Å². The maximum absolute atomic E-state index is 10.8. The molecule has 76 valence electrons. The van der Waals surface area contributed by atoms with Gasteiger partial charge >= 0.3 is 5.97 Å². The molecule has 4 nitrogen and oxygen atoms in total. The summed E-state index contributed by atoms with van der Waals surface area (Å²) >= 11 is 0. The molecular formula is C9H17NO3. The Morgan fingerprint density at radius 1 is 1.62 bits per heavy atom. The van der Waals surface area contributed by atoms with Crippen molar-refractivity contribution < 1.29 is 14.6 Å². The summed E-state index contributed by atoms with van der Waals surface area (Å²) in [5.74, 6) is -0.646. The normalized spacial score (nSPS) is 21.3. The van der Waals surface area contributed by atoms with Gasteiger partial charge in [0.2, 0.25) is 0 Å². The Bertz CT molecular complexity index is 166. The van der Waals surface area contributed by atoms with Crippen LogP contribution in [0.15, 0.2) is 0 Å². The van der Waals surface area contributed by atoms with Crippen molar-refractivity contribution in [2.24, 2.45) is 5.92 Å². The lowest BCUT2D eigenvalue weighted by Crippen LogP contribution is -2.39. The van der Waals surface area contributed by atoms with Crippen LogP contribution in [0, 0.1) is 5.92 Å². The summed E-state index contributed by atoms with van der Waals surface area (Å²) in [6.45, 7) is 4.11.